The summed E-state index contributed by atoms with van der Waals surface area (Å²) < 4.78 is 1.86. The zero-order chi connectivity index (χ0) is 18.3. The third kappa shape index (κ3) is 4.58. The summed E-state index contributed by atoms with van der Waals surface area (Å²) in [5.41, 5.74) is 3.97. The molecule has 0 amide bonds. The minimum absolute atomic E-state index is 0. The second kappa shape index (κ2) is 9.70. The minimum Gasteiger partial charge on any atom is -0.411 e. The van der Waals surface area contributed by atoms with Crippen LogP contribution in [0.3, 0.4) is 0 Å². The maximum absolute atomic E-state index is 4.26. The van der Waals surface area contributed by atoms with E-state index in [0.29, 0.717) is 0 Å². The number of nitrogens with zero attached hydrogens (tertiary/aromatic N) is 4. The Labute approximate surface area is 177 Å². The second-order valence-corrected chi connectivity index (χ2v) is 5.72. The smallest absolute Gasteiger partial charge is 0.0552 e. The van der Waals surface area contributed by atoms with Crippen molar-refractivity contribution in [2.45, 2.75) is 0 Å². The summed E-state index contributed by atoms with van der Waals surface area (Å²) >= 11 is 0. The van der Waals surface area contributed by atoms with E-state index in [1.54, 1.807) is 12.4 Å². The Kier molecular flexibility index (Phi) is 6.79. The van der Waals surface area contributed by atoms with Crippen LogP contribution in [0, 0.1) is 12.4 Å². The summed E-state index contributed by atoms with van der Waals surface area (Å²) in [7, 11) is 0. The van der Waals surface area contributed by atoms with E-state index in [4.69, 9.17) is 0 Å². The molecule has 0 N–H and O–H groups in total. The molecule has 4 nitrogen and oxygen atoms in total. The van der Waals surface area contributed by atoms with E-state index >= 15 is 0 Å². The largest absolute Gasteiger partial charge is 0.411 e. The van der Waals surface area contributed by atoms with Gasteiger partial charge in [-0.3, -0.25) is 4.98 Å². The Morgan fingerprint density at radius 3 is 2.18 bits per heavy atom. The van der Waals surface area contributed by atoms with Gasteiger partial charge < -0.3 is 14.5 Å². The third-order valence-electron chi connectivity index (χ3n) is 3.92. The maximum atomic E-state index is 4.26. The van der Waals surface area contributed by atoms with Gasteiger partial charge in [-0.05, 0) is 23.3 Å². The molecule has 0 aliphatic carbocycles. The van der Waals surface area contributed by atoms with E-state index in [1.807, 2.05) is 89.5 Å². The van der Waals surface area contributed by atoms with Crippen molar-refractivity contribution < 1.29 is 20.1 Å². The third-order valence-corrected chi connectivity index (χ3v) is 3.92. The van der Waals surface area contributed by atoms with Crippen molar-refractivity contribution in [3.05, 3.63) is 110 Å². The summed E-state index contributed by atoms with van der Waals surface area (Å²) in [5.74, 6) is 0.839. The Balaban J connectivity index is 0.000000159. The molecule has 0 saturated carbocycles. The molecular formula is C23H16IrN4-2. The molecule has 0 saturated heterocycles. The number of imidazole rings is 1. The first-order valence-electron chi connectivity index (χ1n) is 8.56. The first kappa shape index (κ1) is 19.6. The van der Waals surface area contributed by atoms with Crippen LogP contribution in [0.4, 0.5) is 0 Å². The quantitative estimate of drug-likeness (QED) is 0.303. The van der Waals surface area contributed by atoms with Gasteiger partial charge in [0.05, 0.1) is 5.82 Å². The van der Waals surface area contributed by atoms with Crippen LogP contribution in [0.15, 0.2) is 97.3 Å². The molecule has 1 radical (unpaired) electrons. The Morgan fingerprint density at radius 2 is 1.46 bits per heavy atom. The van der Waals surface area contributed by atoms with Gasteiger partial charge in [0.1, 0.15) is 0 Å². The normalized spacial score (nSPS) is 9.86. The van der Waals surface area contributed by atoms with Crippen molar-refractivity contribution in [1.82, 2.24) is 19.5 Å². The molecule has 0 aliphatic rings. The van der Waals surface area contributed by atoms with Crippen LogP contribution in [-0.4, -0.2) is 19.5 Å². The Bertz CT molecular complexity index is 1070. The summed E-state index contributed by atoms with van der Waals surface area (Å²) in [6.45, 7) is 0. The standard InChI is InChI=1S/C12H8N3.C11H8N.Ir/c1-2-6-11-10(5-1)14-9-15(11)12-7-3-4-8-13-12;1-2-6-10(7-3-1)11-8-4-5-9-12-11;/h1-8H;1-6,8-9H;/q2*-1;. The molecule has 0 atom stereocenters. The summed E-state index contributed by atoms with van der Waals surface area (Å²) in [5, 5.41) is 0. The fourth-order valence-corrected chi connectivity index (χ4v) is 2.64. The molecule has 5 rings (SSSR count). The number of rotatable bonds is 2. The van der Waals surface area contributed by atoms with Gasteiger partial charge in [0.15, 0.2) is 0 Å². The monoisotopic (exact) mass is 541 g/mol. The van der Waals surface area contributed by atoms with Gasteiger partial charge in [0, 0.05) is 38.8 Å². The molecule has 2 aromatic carbocycles. The minimum atomic E-state index is 0. The van der Waals surface area contributed by atoms with Crippen LogP contribution in [0.25, 0.3) is 28.1 Å². The molecule has 0 spiro atoms. The predicted octanol–water partition coefficient (Wildman–Crippen LogP) is 4.77. The van der Waals surface area contributed by atoms with Gasteiger partial charge in [-0.15, -0.1) is 35.9 Å². The molecule has 0 unspecified atom stereocenters. The number of pyridine rings is 2. The van der Waals surface area contributed by atoms with Crippen LogP contribution < -0.4 is 0 Å². The van der Waals surface area contributed by atoms with E-state index < -0.39 is 0 Å². The zero-order valence-electron chi connectivity index (χ0n) is 14.9. The van der Waals surface area contributed by atoms with Gasteiger partial charge in [0.25, 0.3) is 0 Å². The second-order valence-electron chi connectivity index (χ2n) is 5.72. The Hall–Kier alpha value is -3.14. The van der Waals surface area contributed by atoms with Gasteiger partial charge in [-0.1, -0.05) is 54.0 Å². The molecular weight excluding hydrogens is 524 g/mol. The van der Waals surface area contributed by atoms with Crippen LogP contribution in [-0.2, 0) is 20.1 Å². The average Bonchev–Trinajstić information content (AvgIpc) is 3.20. The van der Waals surface area contributed by atoms with E-state index in [-0.39, 0.29) is 20.1 Å². The van der Waals surface area contributed by atoms with Gasteiger partial charge in [-0.2, -0.15) is 0 Å². The summed E-state index contributed by atoms with van der Waals surface area (Å²) in [6.07, 6.45) is 6.48. The van der Waals surface area contributed by atoms with Gasteiger partial charge >= 0.3 is 0 Å². The van der Waals surface area contributed by atoms with E-state index in [9.17, 15) is 0 Å². The van der Waals surface area contributed by atoms with Crippen molar-refractivity contribution in [3.8, 4) is 17.1 Å². The Morgan fingerprint density at radius 1 is 0.714 bits per heavy atom. The molecule has 139 valence electrons. The fraction of sp³-hybridized carbons (Fsp3) is 0. The number of aromatic nitrogens is 4. The number of hydrogen-bond acceptors (Lipinski definition) is 3. The SMILES string of the molecule is [Ir].[c-]1ccccc1-c1ccccn1.[c-]1nc2ccccc2n1-c1ccccn1. The average molecular weight is 541 g/mol. The summed E-state index contributed by atoms with van der Waals surface area (Å²) in [6, 6.07) is 30.5. The van der Waals surface area contributed by atoms with Crippen molar-refractivity contribution >= 4 is 11.0 Å². The molecule has 0 bridgehead atoms. The van der Waals surface area contributed by atoms with Crippen LogP contribution in [0.2, 0.25) is 0 Å². The van der Waals surface area contributed by atoms with E-state index in [0.717, 1.165) is 28.1 Å². The van der Waals surface area contributed by atoms with Gasteiger partial charge in [0.2, 0.25) is 0 Å². The van der Waals surface area contributed by atoms with Crippen molar-refractivity contribution in [2.75, 3.05) is 0 Å². The molecule has 28 heavy (non-hydrogen) atoms. The fourth-order valence-electron chi connectivity index (χ4n) is 2.64. The first-order chi connectivity index (χ1) is 13.4. The molecule has 0 aliphatic heterocycles. The maximum Gasteiger partial charge on any atom is 0.0552 e. The topological polar surface area (TPSA) is 43.6 Å². The zero-order valence-corrected chi connectivity index (χ0v) is 17.3. The first-order valence-corrected chi connectivity index (χ1v) is 8.56. The molecule has 3 heterocycles. The molecule has 5 aromatic rings. The number of benzene rings is 2. The van der Waals surface area contributed by atoms with Crippen LogP contribution in [0.5, 0.6) is 0 Å². The van der Waals surface area contributed by atoms with E-state index in [1.165, 1.54) is 0 Å². The molecule has 5 heteroatoms. The van der Waals surface area contributed by atoms with Crippen molar-refractivity contribution in [2.24, 2.45) is 0 Å². The van der Waals surface area contributed by atoms with Crippen molar-refractivity contribution in [1.29, 1.82) is 0 Å². The predicted molar refractivity (Wildman–Crippen MR) is 106 cm³/mol. The number of para-hydroxylation sites is 2. The number of hydrogen-bond donors (Lipinski definition) is 0. The van der Waals surface area contributed by atoms with Crippen LogP contribution in [0.1, 0.15) is 0 Å². The van der Waals surface area contributed by atoms with Crippen LogP contribution >= 0.6 is 0 Å². The van der Waals surface area contributed by atoms with E-state index in [2.05, 4.69) is 27.3 Å². The van der Waals surface area contributed by atoms with Crippen molar-refractivity contribution in [3.63, 3.8) is 0 Å². The molecule has 0 fully saturated rings. The number of fused-ring (bicyclic) bond motifs is 1. The molecule has 3 aromatic heterocycles. The van der Waals surface area contributed by atoms with Gasteiger partial charge in [-0.25, -0.2) is 0 Å². The summed E-state index contributed by atoms with van der Waals surface area (Å²) in [4.78, 5) is 12.7.